The minimum atomic E-state index is -3.11. The topological polar surface area (TPSA) is 90.7 Å². The largest absolute Gasteiger partial charge is 0.466 e. The van der Waals surface area contributed by atoms with Crippen molar-refractivity contribution < 1.29 is 41.0 Å². The van der Waals surface area contributed by atoms with E-state index in [2.05, 4.69) is 10.1 Å². The Morgan fingerprint density at radius 1 is 0.842 bits per heavy atom. The van der Waals surface area contributed by atoms with Gasteiger partial charge in [0.1, 0.15) is 0 Å². The maximum Gasteiger partial charge on any atom is 0.307 e. The molecule has 3 aromatic carbocycles. The van der Waals surface area contributed by atoms with E-state index in [-0.39, 0.29) is 40.2 Å². The molecule has 208 valence electrons. The number of hydrogen-bond acceptors (Lipinski definition) is 6. The Morgan fingerprint density at radius 2 is 1.32 bits per heavy atom. The van der Waals surface area contributed by atoms with E-state index in [0.29, 0.717) is 5.56 Å². The van der Waals surface area contributed by atoms with Gasteiger partial charge >= 0.3 is 11.9 Å². The van der Waals surface area contributed by atoms with Crippen molar-refractivity contribution in [3.8, 4) is 0 Å². The van der Waals surface area contributed by atoms with Gasteiger partial charge in [-0.2, -0.15) is 27.0 Å². The zero-order valence-corrected chi connectivity index (χ0v) is 23.1. The van der Waals surface area contributed by atoms with E-state index in [9.17, 15) is 9.59 Å². The summed E-state index contributed by atoms with van der Waals surface area (Å²) in [5.41, 5.74) is 4.73. The summed E-state index contributed by atoms with van der Waals surface area (Å²) in [7, 11) is 0. The van der Waals surface area contributed by atoms with Crippen molar-refractivity contribution in [1.29, 1.82) is 0 Å². The minimum absolute atomic E-state index is 0. The number of rotatable bonds is 11. The number of carbonyl (C=O) groups excluding carboxylic acids is 2. The van der Waals surface area contributed by atoms with Crippen LogP contribution >= 0.6 is 27.0 Å². The van der Waals surface area contributed by atoms with Gasteiger partial charge in [0, 0.05) is 23.6 Å². The zero-order chi connectivity index (χ0) is 40.3. The van der Waals surface area contributed by atoms with Crippen LogP contribution in [0.15, 0.2) is 90.8 Å². The first-order chi connectivity index (χ1) is 23.8. The van der Waals surface area contributed by atoms with Crippen molar-refractivity contribution in [3.63, 3.8) is 0 Å². The van der Waals surface area contributed by atoms with Crippen LogP contribution in [-0.4, -0.2) is 25.2 Å². The summed E-state index contributed by atoms with van der Waals surface area (Å²) in [6.07, 6.45) is -6.20. The molecular formula is C30H42N2O4S2. The van der Waals surface area contributed by atoms with Gasteiger partial charge in [-0.25, -0.2) is 0 Å². The van der Waals surface area contributed by atoms with Gasteiger partial charge in [-0.15, -0.1) is 0 Å². The fourth-order valence-electron chi connectivity index (χ4n) is 2.58. The van der Waals surface area contributed by atoms with Gasteiger partial charge in [0.25, 0.3) is 0 Å². The maximum absolute atomic E-state index is 12.5. The molecule has 1 unspecified atom stereocenters. The molecule has 6 nitrogen and oxygen atoms in total. The summed E-state index contributed by atoms with van der Waals surface area (Å²) in [6.45, 7) is 4.22. The lowest BCUT2D eigenvalue weighted by molar-refractivity contribution is -0.144. The molecule has 3 aromatic rings. The number of ether oxygens (including phenoxy) is 2. The summed E-state index contributed by atoms with van der Waals surface area (Å²) in [5.74, 6) is -2.82. The van der Waals surface area contributed by atoms with Gasteiger partial charge in [-0.1, -0.05) is 90.8 Å². The first kappa shape index (κ1) is 16.4. The molecule has 0 aromatic heterocycles. The van der Waals surface area contributed by atoms with E-state index in [1.54, 1.807) is 37.3 Å². The van der Waals surface area contributed by atoms with Crippen molar-refractivity contribution in [1.82, 2.24) is 5.32 Å². The van der Waals surface area contributed by atoms with Gasteiger partial charge in [0.05, 0.1) is 42.4 Å². The van der Waals surface area contributed by atoms with Crippen LogP contribution in [0.1, 0.15) is 90.2 Å². The van der Waals surface area contributed by atoms with Crippen molar-refractivity contribution in [2.75, 3.05) is 13.2 Å². The van der Waals surface area contributed by atoms with E-state index >= 15 is 0 Å². The molecule has 3 N–H and O–H groups in total. The molecule has 0 aliphatic rings. The molecule has 3 atom stereocenters. The predicted octanol–water partition coefficient (Wildman–Crippen LogP) is 5.90. The number of nitrogens with two attached hydrogens (primary N) is 1. The SMILES string of the molecule is S.S.[2H]c1c([2H])c([2H])c([C@@]([2H])(N)C([2H])([2H])C(=O)OCC)c([2H])c1[2H].[2H]c1c([2H])c([2H])c([C@@]([2H])(NC(C)c2ccccc2)C([2H])([2H])C(=O)OCC)c([2H])c1[2H]. The van der Waals surface area contributed by atoms with E-state index in [0.717, 1.165) is 0 Å². The van der Waals surface area contributed by atoms with E-state index in [4.69, 9.17) is 32.4 Å². The summed E-state index contributed by atoms with van der Waals surface area (Å²) >= 11 is 0. The molecule has 0 aliphatic carbocycles. The average Bonchev–Trinajstić information content (AvgIpc) is 3.08. The lowest BCUT2D eigenvalue weighted by Gasteiger charge is -2.23. The zero-order valence-electron chi connectivity index (χ0n) is 37.1. The number of esters is 2. The average molecular weight is 575 g/mol. The fraction of sp³-hybridized carbons (Fsp3) is 0.333. The van der Waals surface area contributed by atoms with Crippen molar-refractivity contribution in [2.45, 2.75) is 51.6 Å². The molecule has 0 aliphatic heterocycles. The summed E-state index contributed by atoms with van der Waals surface area (Å²) < 4.78 is 136. The second-order valence-electron chi connectivity index (χ2n) is 6.76. The first-order valence-corrected chi connectivity index (χ1v) is 10.9. The van der Waals surface area contributed by atoms with Crippen LogP contribution in [0, 0.1) is 0 Å². The molecule has 0 spiro atoms. The molecule has 3 rings (SSSR count). The molecule has 0 fully saturated rings. The molecule has 0 saturated carbocycles. The Morgan fingerprint density at radius 3 is 1.82 bits per heavy atom. The fourth-order valence-corrected chi connectivity index (χ4v) is 2.58. The highest BCUT2D eigenvalue weighted by Crippen LogP contribution is 2.22. The molecular weight excluding hydrogens is 516 g/mol. The number of hydrogen-bond donors (Lipinski definition) is 2. The Balaban J connectivity index is 0.00000105. The monoisotopic (exact) mass is 574 g/mol. The molecule has 0 bridgehead atoms. The van der Waals surface area contributed by atoms with Gasteiger partial charge in [0.15, 0.2) is 0 Å². The van der Waals surface area contributed by atoms with Crippen LogP contribution in [0.3, 0.4) is 0 Å². The molecule has 0 heterocycles. The third kappa shape index (κ3) is 13.1. The van der Waals surface area contributed by atoms with Gasteiger partial charge in [-0.05, 0) is 37.5 Å². The van der Waals surface area contributed by atoms with E-state index in [1.807, 2.05) is 0 Å². The molecule has 0 amide bonds. The van der Waals surface area contributed by atoms with Crippen LogP contribution in [0.5, 0.6) is 0 Å². The standard InChI is InChI=1S/C19H23NO2.C11H15NO2.2H2S/c1-3-22-19(21)14-18(17-12-8-5-9-13-17)20-15(2)16-10-6-4-7-11-16;1-2-14-11(13)8-10(12)9-6-4-3-5-7-9;;/h4-13,15,18,20H,3,14H2,1-2H3;3-7,10H,2,8,12H2,1H3;2*1H2/t15?,18-;10-;;/m00../s1/i5D,8D,9D,12D,13D,14D2,18D;3D,4D,5D,6D,7D,8D2,10D;;. The first-order valence-electron chi connectivity index (χ1n) is 18.9. The lowest BCUT2D eigenvalue weighted by Crippen LogP contribution is -2.27. The number of benzene rings is 3. The Labute approximate surface area is 263 Å². The highest BCUT2D eigenvalue weighted by Gasteiger charge is 2.19. The van der Waals surface area contributed by atoms with Crippen molar-refractivity contribution in [2.24, 2.45) is 5.73 Å². The third-order valence-electron chi connectivity index (χ3n) is 4.19. The van der Waals surface area contributed by atoms with Crippen LogP contribution in [-0.2, 0) is 19.1 Å². The Kier molecular flexibility index (Phi) is 8.70. The Hall–Kier alpha value is -2.78. The van der Waals surface area contributed by atoms with Crippen molar-refractivity contribution >= 4 is 38.9 Å². The highest BCUT2D eigenvalue weighted by molar-refractivity contribution is 7.59. The number of carbonyl (C=O) groups is 2. The third-order valence-corrected chi connectivity index (χ3v) is 4.19. The quantitative estimate of drug-likeness (QED) is 0.277. The normalized spacial score (nSPS) is 20.6. The number of nitrogens with one attached hydrogen (secondary N) is 1. The molecule has 8 heteroatoms. The van der Waals surface area contributed by atoms with Gasteiger partial charge in [-0.3, -0.25) is 9.59 Å². The van der Waals surface area contributed by atoms with Crippen molar-refractivity contribution in [3.05, 3.63) is 107 Å². The van der Waals surface area contributed by atoms with Gasteiger partial charge in [0.2, 0.25) is 0 Å². The molecule has 38 heavy (non-hydrogen) atoms. The predicted molar refractivity (Wildman–Crippen MR) is 164 cm³/mol. The van der Waals surface area contributed by atoms with E-state index in [1.165, 1.54) is 13.8 Å². The van der Waals surface area contributed by atoms with Crippen LogP contribution in [0.2, 0.25) is 0 Å². The van der Waals surface area contributed by atoms with Gasteiger partial charge < -0.3 is 20.5 Å². The summed E-state index contributed by atoms with van der Waals surface area (Å²) in [4.78, 5) is 24.1. The minimum Gasteiger partial charge on any atom is -0.466 e. The lowest BCUT2D eigenvalue weighted by atomic mass is 10.0. The summed E-state index contributed by atoms with van der Waals surface area (Å²) in [6, 6.07) is -5.24. The maximum atomic E-state index is 12.5. The van der Waals surface area contributed by atoms with Crippen LogP contribution in [0.25, 0.3) is 0 Å². The highest BCUT2D eigenvalue weighted by atomic mass is 32.1. The van der Waals surface area contributed by atoms with Crippen LogP contribution < -0.4 is 11.1 Å². The smallest absolute Gasteiger partial charge is 0.307 e. The molecule has 0 radical (unpaired) electrons. The van der Waals surface area contributed by atoms with Crippen LogP contribution in [0.4, 0.5) is 0 Å². The Bertz CT molecular complexity index is 1760. The van der Waals surface area contributed by atoms with E-state index < -0.39 is 114 Å². The summed E-state index contributed by atoms with van der Waals surface area (Å²) in [5, 5.41) is 2.68. The second-order valence-corrected chi connectivity index (χ2v) is 6.76. The molecule has 0 saturated heterocycles. The second kappa shape index (κ2) is 20.2.